The lowest BCUT2D eigenvalue weighted by Crippen LogP contribution is -2.56. The van der Waals surface area contributed by atoms with E-state index in [0.717, 1.165) is 34.9 Å². The highest BCUT2D eigenvalue weighted by Crippen LogP contribution is 2.44. The zero-order valence-corrected chi connectivity index (χ0v) is 35.3. The number of carbonyl (C=O) groups is 8. The minimum Gasteiger partial charge on any atom is -0.469 e. The Bertz CT molecular complexity index is 2100. The van der Waals surface area contributed by atoms with Crippen LogP contribution in [-0.4, -0.2) is 117 Å². The molecule has 17 heteroatoms. The summed E-state index contributed by atoms with van der Waals surface area (Å²) in [7, 11) is 2.27. The lowest BCUT2D eigenvalue weighted by atomic mass is 9.98. The molecule has 1 heterocycles. The summed E-state index contributed by atoms with van der Waals surface area (Å²) in [4.78, 5) is 106. The molecular weight excluding hydrogens is 815 g/mol. The summed E-state index contributed by atoms with van der Waals surface area (Å²) in [6.45, 7) is 3.34. The van der Waals surface area contributed by atoms with Crippen LogP contribution in [0.25, 0.3) is 11.1 Å². The van der Waals surface area contributed by atoms with E-state index in [4.69, 9.17) is 18.9 Å². The van der Waals surface area contributed by atoms with E-state index < -0.39 is 78.2 Å². The number of hydrogen-bond donors (Lipinski definition) is 4. The van der Waals surface area contributed by atoms with E-state index in [9.17, 15) is 38.4 Å². The summed E-state index contributed by atoms with van der Waals surface area (Å²) in [5.41, 5.74) is 4.98. The van der Waals surface area contributed by atoms with Gasteiger partial charge in [-0.25, -0.2) is 9.59 Å². The third-order valence-electron chi connectivity index (χ3n) is 10.8. The molecule has 0 radical (unpaired) electrons. The van der Waals surface area contributed by atoms with Crippen molar-refractivity contribution in [1.29, 1.82) is 0 Å². The molecule has 1 aliphatic heterocycles. The van der Waals surface area contributed by atoms with Gasteiger partial charge in [0.15, 0.2) is 0 Å². The number of likely N-dealkylation sites (tertiary alicyclic amines) is 1. The van der Waals surface area contributed by atoms with E-state index >= 15 is 0 Å². The largest absolute Gasteiger partial charge is 0.469 e. The van der Waals surface area contributed by atoms with E-state index in [1.54, 1.807) is 12.1 Å². The smallest absolute Gasteiger partial charge is 0.407 e. The monoisotopic (exact) mass is 867 g/mol. The molecule has 0 aromatic heterocycles. The van der Waals surface area contributed by atoms with Gasteiger partial charge in [0.25, 0.3) is 0 Å². The zero-order chi connectivity index (χ0) is 45.3. The van der Waals surface area contributed by atoms with Gasteiger partial charge in [0.1, 0.15) is 37.4 Å². The Kier molecular flexibility index (Phi) is 17.4. The standard InChI is InChI=1S/C46H53N5O12/c1-4-25-62-41(54)27-37(45(58)61-3)49-43(56)38-19-12-24-51(38)44(57)35(20-21-40(53)60-2)48-39(52)22-23-47-42(55)36(26-29-13-6-5-7-14-29)50-46(59)63-28-34-32-17-10-8-15-30(32)31-16-9-11-18-33(31)34/h4-11,13-18,34-38H,1,12,19-28H2,2-3H3,(H,47,55)(H,48,52)(H,49,56)(H,50,59)/t35-,36+,37-,38+/m1/s1. The number of carbonyl (C=O) groups excluding carboxylic acids is 8. The predicted octanol–water partition coefficient (Wildman–Crippen LogP) is 2.85. The van der Waals surface area contributed by atoms with Crippen molar-refractivity contribution in [2.75, 3.05) is 40.5 Å². The van der Waals surface area contributed by atoms with Gasteiger partial charge in [-0.05, 0) is 47.1 Å². The van der Waals surface area contributed by atoms with Crippen LogP contribution in [0.5, 0.6) is 0 Å². The lowest BCUT2D eigenvalue weighted by molar-refractivity contribution is -0.152. The first-order valence-corrected chi connectivity index (χ1v) is 20.7. The number of ether oxygens (including phenoxy) is 4. The molecule has 0 bridgehead atoms. The van der Waals surface area contributed by atoms with Gasteiger partial charge in [0.2, 0.25) is 23.6 Å². The second kappa shape index (κ2) is 23.3. The number of methoxy groups -OCH3 is 2. The maximum Gasteiger partial charge on any atom is 0.407 e. The number of rotatable bonds is 21. The molecule has 2 aliphatic rings. The summed E-state index contributed by atoms with van der Waals surface area (Å²) in [5.74, 6) is -5.13. The van der Waals surface area contributed by atoms with Gasteiger partial charge < -0.3 is 45.1 Å². The van der Waals surface area contributed by atoms with Crippen molar-refractivity contribution >= 4 is 47.6 Å². The number of fused-ring (bicyclic) bond motifs is 3. The first-order chi connectivity index (χ1) is 30.4. The van der Waals surface area contributed by atoms with Crippen molar-refractivity contribution in [3.63, 3.8) is 0 Å². The molecule has 334 valence electrons. The Morgan fingerprint density at radius 2 is 1.43 bits per heavy atom. The molecule has 5 rings (SSSR count). The van der Waals surface area contributed by atoms with Gasteiger partial charge in [-0.15, -0.1) is 0 Å². The lowest BCUT2D eigenvalue weighted by Gasteiger charge is -2.29. The minimum atomic E-state index is -1.40. The van der Waals surface area contributed by atoms with Gasteiger partial charge in [0, 0.05) is 38.3 Å². The molecule has 0 saturated carbocycles. The molecule has 17 nitrogen and oxygen atoms in total. The molecule has 1 aliphatic carbocycles. The second-order valence-electron chi connectivity index (χ2n) is 14.9. The van der Waals surface area contributed by atoms with E-state index in [2.05, 4.69) is 27.8 Å². The van der Waals surface area contributed by atoms with Crippen LogP contribution >= 0.6 is 0 Å². The van der Waals surface area contributed by atoms with Crippen molar-refractivity contribution in [2.24, 2.45) is 0 Å². The van der Waals surface area contributed by atoms with Crippen molar-refractivity contribution in [3.05, 3.63) is 108 Å². The Morgan fingerprint density at radius 1 is 0.762 bits per heavy atom. The number of nitrogens with one attached hydrogen (secondary N) is 4. The first-order valence-electron chi connectivity index (χ1n) is 20.7. The van der Waals surface area contributed by atoms with Crippen molar-refractivity contribution < 1.29 is 57.3 Å². The van der Waals surface area contributed by atoms with Gasteiger partial charge in [-0.2, -0.15) is 0 Å². The third-order valence-corrected chi connectivity index (χ3v) is 10.8. The summed E-state index contributed by atoms with van der Waals surface area (Å²) in [5, 5.41) is 10.5. The highest BCUT2D eigenvalue weighted by atomic mass is 16.6. The van der Waals surface area contributed by atoms with Crippen LogP contribution in [-0.2, 0) is 58.9 Å². The van der Waals surface area contributed by atoms with E-state index in [1.807, 2.05) is 66.7 Å². The average Bonchev–Trinajstić information content (AvgIpc) is 3.92. The quantitative estimate of drug-likeness (QED) is 0.0690. The molecular formula is C46H53N5O12. The summed E-state index contributed by atoms with van der Waals surface area (Å²) in [6.07, 6.45) is 0.0660. The SMILES string of the molecule is C=CCOC(=O)C[C@@H](NC(=O)[C@@H]1CCCN1C(=O)[C@@H](CCC(=O)OC)NC(=O)CCNC(=O)[C@H](Cc1ccccc1)NC(=O)OCC1c2ccccc2-c2ccccc21)C(=O)OC. The highest BCUT2D eigenvalue weighted by molar-refractivity contribution is 5.95. The maximum absolute atomic E-state index is 14.0. The van der Waals surface area contributed by atoms with Crippen molar-refractivity contribution in [3.8, 4) is 11.1 Å². The molecule has 1 saturated heterocycles. The summed E-state index contributed by atoms with van der Waals surface area (Å²) >= 11 is 0. The Balaban J connectivity index is 1.19. The molecule has 0 unspecified atom stereocenters. The molecule has 0 spiro atoms. The van der Waals surface area contributed by atoms with Crippen LogP contribution in [0, 0.1) is 0 Å². The van der Waals surface area contributed by atoms with Crippen molar-refractivity contribution in [1.82, 2.24) is 26.2 Å². The predicted molar refractivity (Wildman–Crippen MR) is 227 cm³/mol. The van der Waals surface area contributed by atoms with Crippen LogP contribution in [0.15, 0.2) is 91.5 Å². The van der Waals surface area contributed by atoms with Gasteiger partial charge in [-0.1, -0.05) is 91.5 Å². The second-order valence-corrected chi connectivity index (χ2v) is 14.9. The Hall–Kier alpha value is -7.04. The molecule has 4 atom stereocenters. The van der Waals surface area contributed by atoms with Gasteiger partial charge in [0.05, 0.1) is 20.6 Å². The minimum absolute atomic E-state index is 0.0410. The number of hydrogen-bond acceptors (Lipinski definition) is 12. The van der Waals surface area contributed by atoms with E-state index in [1.165, 1.54) is 18.1 Å². The topological polar surface area (TPSA) is 225 Å². The normalized spacial score (nSPS) is 15.3. The summed E-state index contributed by atoms with van der Waals surface area (Å²) < 4.78 is 20.1. The zero-order valence-electron chi connectivity index (χ0n) is 35.3. The molecule has 3 aromatic rings. The van der Waals surface area contributed by atoms with Crippen LogP contribution in [0.1, 0.15) is 61.1 Å². The van der Waals surface area contributed by atoms with Crippen LogP contribution in [0.3, 0.4) is 0 Å². The van der Waals surface area contributed by atoms with Gasteiger partial charge in [-0.3, -0.25) is 28.8 Å². The van der Waals surface area contributed by atoms with E-state index in [0.29, 0.717) is 6.42 Å². The fourth-order valence-corrected chi connectivity index (χ4v) is 7.64. The van der Waals surface area contributed by atoms with Crippen LogP contribution in [0.4, 0.5) is 4.79 Å². The fourth-order valence-electron chi connectivity index (χ4n) is 7.64. The number of esters is 3. The number of benzene rings is 3. The van der Waals surface area contributed by atoms with Crippen molar-refractivity contribution in [2.45, 2.75) is 75.0 Å². The maximum atomic E-state index is 14.0. The number of alkyl carbamates (subject to hydrolysis) is 1. The first kappa shape index (κ1) is 47.0. The van der Waals surface area contributed by atoms with Crippen LogP contribution < -0.4 is 21.3 Å². The van der Waals surface area contributed by atoms with Gasteiger partial charge >= 0.3 is 24.0 Å². The Morgan fingerprint density at radius 3 is 2.08 bits per heavy atom. The van der Waals surface area contributed by atoms with Crippen LogP contribution in [0.2, 0.25) is 0 Å². The Labute approximate surface area is 365 Å². The molecule has 4 N–H and O–H groups in total. The molecule has 5 amide bonds. The summed E-state index contributed by atoms with van der Waals surface area (Å²) in [6, 6.07) is 20.1. The molecule has 1 fully saturated rings. The highest BCUT2D eigenvalue weighted by Gasteiger charge is 2.40. The molecule has 3 aromatic carbocycles. The third kappa shape index (κ3) is 13.0. The van der Waals surface area contributed by atoms with E-state index in [-0.39, 0.29) is 64.3 Å². The molecule has 63 heavy (non-hydrogen) atoms. The fraction of sp³-hybridized carbons (Fsp3) is 0.391. The average molecular weight is 868 g/mol. The number of amides is 5. The number of nitrogens with zero attached hydrogens (tertiary/aromatic N) is 1.